The van der Waals surface area contributed by atoms with Crippen LogP contribution in [0.15, 0.2) is 0 Å². The lowest BCUT2D eigenvalue weighted by molar-refractivity contribution is 0.0856. The molecule has 0 aliphatic carbocycles. The molecule has 0 radical (unpaired) electrons. The van der Waals surface area contributed by atoms with Crippen molar-refractivity contribution in [2.45, 2.75) is 47.5 Å². The summed E-state index contributed by atoms with van der Waals surface area (Å²) in [5.41, 5.74) is -0.0548. The van der Waals surface area contributed by atoms with Crippen LogP contribution in [0.4, 0.5) is 0 Å². The van der Waals surface area contributed by atoms with Gasteiger partial charge in [0, 0.05) is 0 Å². The molecule has 98 valence electrons. The Morgan fingerprint density at radius 2 is 1.38 bits per heavy atom. The lowest BCUT2D eigenvalue weighted by atomic mass is 9.99. The lowest BCUT2D eigenvalue weighted by Crippen LogP contribution is -2.15. The monoisotopic (exact) mass is 252 g/mol. The number of rotatable bonds is 8. The Morgan fingerprint density at radius 3 is 1.69 bits per heavy atom. The van der Waals surface area contributed by atoms with E-state index in [-0.39, 0.29) is 5.41 Å². The van der Waals surface area contributed by atoms with Crippen molar-refractivity contribution in [1.29, 1.82) is 0 Å². The number of hydrogen-bond donors (Lipinski definition) is 0. The molecule has 0 spiro atoms. The Kier molecular flexibility index (Phi) is 7.49. The topological polar surface area (TPSA) is 44.8 Å². The van der Waals surface area contributed by atoms with Crippen molar-refractivity contribution < 1.29 is 18.1 Å². The van der Waals surface area contributed by atoms with Crippen molar-refractivity contribution in [2.24, 2.45) is 5.41 Å². The molecule has 5 heteroatoms. The molecule has 0 heterocycles. The molecule has 0 bridgehead atoms. The second-order valence-electron chi connectivity index (χ2n) is 4.95. The van der Waals surface area contributed by atoms with Gasteiger partial charge in [0.1, 0.15) is 0 Å². The lowest BCUT2D eigenvalue weighted by Gasteiger charge is -2.23. The summed E-state index contributed by atoms with van der Waals surface area (Å²) in [4.78, 5) is 0. The third-order valence-corrected chi connectivity index (χ3v) is 3.01. The van der Waals surface area contributed by atoms with E-state index >= 15 is 0 Å². The molecule has 0 aromatic rings. The molecule has 0 saturated carbocycles. The van der Waals surface area contributed by atoms with Gasteiger partial charge in [-0.2, -0.15) is 0 Å². The maximum absolute atomic E-state index is 12.1. The van der Waals surface area contributed by atoms with Crippen LogP contribution in [0.3, 0.4) is 0 Å². The Morgan fingerprint density at radius 1 is 0.938 bits per heavy atom. The van der Waals surface area contributed by atoms with Gasteiger partial charge in [0.15, 0.2) is 0 Å². The summed E-state index contributed by atoms with van der Waals surface area (Å²) in [5.74, 6) is 0. The van der Waals surface area contributed by atoms with E-state index in [1.807, 2.05) is 34.6 Å². The smallest absolute Gasteiger partial charge is 0.287 e. The van der Waals surface area contributed by atoms with Crippen molar-refractivity contribution in [3.05, 3.63) is 0 Å². The zero-order valence-electron chi connectivity index (χ0n) is 11.1. The van der Waals surface area contributed by atoms with Gasteiger partial charge in [-0.1, -0.05) is 34.6 Å². The molecule has 0 aliphatic rings. The highest BCUT2D eigenvalue weighted by molar-refractivity contribution is 7.48. The van der Waals surface area contributed by atoms with Gasteiger partial charge in [-0.15, -0.1) is 0 Å². The minimum atomic E-state index is -3.35. The fourth-order valence-electron chi connectivity index (χ4n) is 0.791. The van der Waals surface area contributed by atoms with Crippen LogP contribution in [-0.2, 0) is 18.1 Å². The van der Waals surface area contributed by atoms with Crippen LogP contribution in [0.5, 0.6) is 0 Å². The molecule has 0 aromatic heterocycles. The van der Waals surface area contributed by atoms with Gasteiger partial charge in [-0.3, -0.25) is 13.6 Å². The van der Waals surface area contributed by atoms with Gasteiger partial charge >= 0.3 is 7.82 Å². The molecule has 0 aliphatic heterocycles. The molecule has 0 aromatic carbocycles. The fraction of sp³-hybridized carbons (Fsp3) is 1.00. The van der Waals surface area contributed by atoms with Crippen molar-refractivity contribution in [3.63, 3.8) is 0 Å². The van der Waals surface area contributed by atoms with Gasteiger partial charge in [-0.05, 0) is 18.3 Å². The Balaban J connectivity index is 4.23. The van der Waals surface area contributed by atoms with E-state index in [1.54, 1.807) is 0 Å². The van der Waals surface area contributed by atoms with E-state index in [2.05, 4.69) is 0 Å². The normalized spacial score (nSPS) is 13.1. The molecule has 0 fully saturated rings. The van der Waals surface area contributed by atoms with E-state index in [9.17, 15) is 4.57 Å². The molecule has 0 unspecified atom stereocenters. The predicted octanol–water partition coefficient (Wildman–Crippen LogP) is 4.01. The summed E-state index contributed by atoms with van der Waals surface area (Å²) in [5, 5.41) is 0. The first-order chi connectivity index (χ1) is 7.33. The molecule has 0 N–H and O–H groups in total. The van der Waals surface area contributed by atoms with Crippen LogP contribution in [0.2, 0.25) is 0 Å². The van der Waals surface area contributed by atoms with Gasteiger partial charge < -0.3 is 0 Å². The van der Waals surface area contributed by atoms with Crippen LogP contribution in [0.1, 0.15) is 47.5 Å². The van der Waals surface area contributed by atoms with Crippen LogP contribution < -0.4 is 0 Å². The Labute approximate surface area is 99.3 Å². The first-order valence-electron chi connectivity index (χ1n) is 5.86. The molecule has 16 heavy (non-hydrogen) atoms. The van der Waals surface area contributed by atoms with Gasteiger partial charge in [0.2, 0.25) is 0 Å². The van der Waals surface area contributed by atoms with Gasteiger partial charge in [0.05, 0.1) is 19.8 Å². The molecule has 0 saturated heterocycles. The van der Waals surface area contributed by atoms with E-state index in [4.69, 9.17) is 13.6 Å². The molecular weight excluding hydrogens is 227 g/mol. The molecule has 0 rings (SSSR count). The summed E-state index contributed by atoms with van der Waals surface area (Å²) >= 11 is 0. The van der Waals surface area contributed by atoms with Crippen LogP contribution >= 0.6 is 7.82 Å². The third kappa shape index (κ3) is 8.28. The average molecular weight is 252 g/mol. The second-order valence-corrected chi connectivity index (χ2v) is 6.62. The summed E-state index contributed by atoms with van der Waals surface area (Å²) in [6.45, 7) is 11.1. The molecule has 0 amide bonds. The quantitative estimate of drug-likeness (QED) is 0.612. The molecular formula is C11H25O4P. The zero-order valence-corrected chi connectivity index (χ0v) is 12.0. The fourth-order valence-corrected chi connectivity index (χ4v) is 2.37. The highest BCUT2D eigenvalue weighted by Crippen LogP contribution is 2.50. The van der Waals surface area contributed by atoms with Crippen molar-refractivity contribution in [1.82, 2.24) is 0 Å². The number of phosphoric acid groups is 1. The summed E-state index contributed by atoms with van der Waals surface area (Å²) in [6.07, 6.45) is 1.58. The molecule has 4 nitrogen and oxygen atoms in total. The maximum atomic E-state index is 12.1. The van der Waals surface area contributed by atoms with E-state index in [0.29, 0.717) is 19.8 Å². The van der Waals surface area contributed by atoms with Crippen molar-refractivity contribution in [3.8, 4) is 0 Å². The Bertz CT molecular complexity index is 211. The minimum Gasteiger partial charge on any atom is -0.287 e. The molecule has 0 atom stereocenters. The number of hydrogen-bond acceptors (Lipinski definition) is 4. The zero-order chi connectivity index (χ0) is 12.7. The minimum absolute atomic E-state index is 0.0548. The van der Waals surface area contributed by atoms with Gasteiger partial charge in [-0.25, -0.2) is 4.57 Å². The third-order valence-electron chi connectivity index (χ3n) is 1.56. The largest absolute Gasteiger partial charge is 0.474 e. The van der Waals surface area contributed by atoms with Crippen molar-refractivity contribution >= 4 is 7.82 Å². The van der Waals surface area contributed by atoms with Crippen LogP contribution in [0.25, 0.3) is 0 Å². The second kappa shape index (κ2) is 7.44. The van der Waals surface area contributed by atoms with Crippen molar-refractivity contribution in [2.75, 3.05) is 19.8 Å². The SMILES string of the molecule is CCCOP(=O)(OCCC)OCC(C)(C)C. The first kappa shape index (κ1) is 16.1. The van der Waals surface area contributed by atoms with E-state index in [0.717, 1.165) is 12.8 Å². The summed E-state index contributed by atoms with van der Waals surface area (Å²) in [7, 11) is -3.35. The first-order valence-corrected chi connectivity index (χ1v) is 7.32. The van der Waals surface area contributed by atoms with E-state index in [1.165, 1.54) is 0 Å². The van der Waals surface area contributed by atoms with Gasteiger partial charge in [0.25, 0.3) is 0 Å². The maximum Gasteiger partial charge on any atom is 0.474 e. The highest BCUT2D eigenvalue weighted by Gasteiger charge is 2.28. The summed E-state index contributed by atoms with van der Waals surface area (Å²) in [6, 6.07) is 0. The number of phosphoric ester groups is 1. The summed E-state index contributed by atoms with van der Waals surface area (Å²) < 4.78 is 27.8. The highest BCUT2D eigenvalue weighted by atomic mass is 31.2. The average Bonchev–Trinajstić information content (AvgIpc) is 2.20. The predicted molar refractivity (Wildman–Crippen MR) is 65.5 cm³/mol. The Hall–Kier alpha value is 0.110. The van der Waals surface area contributed by atoms with Crippen LogP contribution in [0, 0.1) is 5.41 Å². The standard InChI is InChI=1S/C11H25O4P/c1-6-8-13-16(12,14-9-7-2)15-10-11(3,4)5/h6-10H2,1-5H3. The van der Waals surface area contributed by atoms with E-state index < -0.39 is 7.82 Å². The van der Waals surface area contributed by atoms with Crippen LogP contribution in [-0.4, -0.2) is 19.8 Å².